The summed E-state index contributed by atoms with van der Waals surface area (Å²) in [6.07, 6.45) is 0. The number of carbonyl (C=O) groups is 2. The van der Waals surface area contributed by atoms with Crippen LogP contribution in [-0.2, 0) is 4.79 Å². The maximum atomic E-state index is 12.6. The van der Waals surface area contributed by atoms with Gasteiger partial charge < -0.3 is 10.2 Å². The minimum atomic E-state index is -0.0374. The summed E-state index contributed by atoms with van der Waals surface area (Å²) in [6.45, 7) is 5.62. The van der Waals surface area contributed by atoms with Gasteiger partial charge >= 0.3 is 0 Å². The van der Waals surface area contributed by atoms with Crippen molar-refractivity contribution in [2.75, 3.05) is 16.8 Å². The van der Waals surface area contributed by atoms with Crippen molar-refractivity contribution in [2.45, 2.75) is 26.8 Å². The lowest BCUT2D eigenvalue weighted by Gasteiger charge is -2.27. The molecule has 0 aromatic heterocycles. The normalized spacial score (nSPS) is 10.4. The van der Waals surface area contributed by atoms with Gasteiger partial charge in [-0.25, -0.2) is 0 Å². The molecule has 2 aromatic rings. The van der Waals surface area contributed by atoms with Crippen LogP contribution in [-0.4, -0.2) is 24.3 Å². The third kappa shape index (κ3) is 4.19. The Labute approximate surface area is 137 Å². The summed E-state index contributed by atoms with van der Waals surface area (Å²) in [5, 5.41) is 3.09. The number of carbonyl (C=O) groups excluding carboxylic acids is 2. The van der Waals surface area contributed by atoms with Gasteiger partial charge in [0.2, 0.25) is 5.91 Å². The molecule has 2 rings (SSSR count). The second-order valence-corrected chi connectivity index (χ2v) is 5.65. The highest BCUT2D eigenvalue weighted by atomic mass is 16.2. The molecular formula is C19H22N2O2. The van der Waals surface area contributed by atoms with Crippen molar-refractivity contribution in [1.29, 1.82) is 0 Å². The van der Waals surface area contributed by atoms with Crippen molar-refractivity contribution in [3.05, 3.63) is 60.2 Å². The molecule has 120 valence electrons. The van der Waals surface area contributed by atoms with Crippen LogP contribution in [0.25, 0.3) is 0 Å². The van der Waals surface area contributed by atoms with Crippen LogP contribution in [0.15, 0.2) is 54.6 Å². The van der Waals surface area contributed by atoms with Gasteiger partial charge in [-0.3, -0.25) is 9.59 Å². The fourth-order valence-electron chi connectivity index (χ4n) is 2.52. The zero-order chi connectivity index (χ0) is 16.8. The summed E-state index contributed by atoms with van der Waals surface area (Å²) in [5.41, 5.74) is 2.15. The largest absolute Gasteiger partial charge is 0.376 e. The van der Waals surface area contributed by atoms with Gasteiger partial charge in [0.15, 0.2) is 5.78 Å². The first-order valence-electron chi connectivity index (χ1n) is 7.71. The summed E-state index contributed by atoms with van der Waals surface area (Å²) in [4.78, 5) is 26.0. The summed E-state index contributed by atoms with van der Waals surface area (Å²) in [7, 11) is 0. The zero-order valence-electron chi connectivity index (χ0n) is 13.7. The Morgan fingerprint density at radius 1 is 1.00 bits per heavy atom. The van der Waals surface area contributed by atoms with Crippen LogP contribution in [0, 0.1) is 0 Å². The molecular weight excluding hydrogens is 288 g/mol. The van der Waals surface area contributed by atoms with E-state index in [-0.39, 0.29) is 24.3 Å². The molecule has 0 atom stereocenters. The molecule has 0 saturated carbocycles. The summed E-state index contributed by atoms with van der Waals surface area (Å²) < 4.78 is 0. The Morgan fingerprint density at radius 3 is 2.22 bits per heavy atom. The van der Waals surface area contributed by atoms with Crippen molar-refractivity contribution in [3.8, 4) is 0 Å². The number of Topliss-reactive ketones (excluding diaryl/α,β-unsaturated/α-hetero) is 1. The molecule has 0 spiro atoms. The average molecular weight is 310 g/mol. The predicted molar refractivity (Wildman–Crippen MR) is 94.0 cm³/mol. The van der Waals surface area contributed by atoms with Crippen LogP contribution >= 0.6 is 0 Å². The highest BCUT2D eigenvalue weighted by Crippen LogP contribution is 2.18. The van der Waals surface area contributed by atoms with Gasteiger partial charge in [-0.1, -0.05) is 30.3 Å². The fourth-order valence-corrected chi connectivity index (χ4v) is 2.52. The van der Waals surface area contributed by atoms with Crippen molar-refractivity contribution in [3.63, 3.8) is 0 Å². The molecule has 0 heterocycles. The van der Waals surface area contributed by atoms with Crippen LogP contribution in [0.5, 0.6) is 0 Å². The molecule has 0 unspecified atom stereocenters. The molecule has 0 saturated heterocycles. The number of para-hydroxylation sites is 2. The molecule has 0 aliphatic carbocycles. The Bertz CT molecular complexity index is 681. The summed E-state index contributed by atoms with van der Waals surface area (Å²) in [5.74, 6) is -0.0612. The number of benzene rings is 2. The van der Waals surface area contributed by atoms with E-state index < -0.39 is 0 Å². The first-order chi connectivity index (χ1) is 11.0. The first-order valence-corrected chi connectivity index (χ1v) is 7.71. The Balaban J connectivity index is 2.13. The van der Waals surface area contributed by atoms with Crippen molar-refractivity contribution >= 4 is 23.1 Å². The Kier molecular flexibility index (Phi) is 5.52. The number of amides is 1. The average Bonchev–Trinajstić information content (AvgIpc) is 2.54. The number of ketones is 1. The van der Waals surface area contributed by atoms with Gasteiger partial charge in [-0.2, -0.15) is 0 Å². The van der Waals surface area contributed by atoms with Crippen LogP contribution < -0.4 is 10.2 Å². The SMILES string of the molecule is CC(=O)c1ccccc1NCC(=O)N(c1ccccc1)C(C)C. The smallest absolute Gasteiger partial charge is 0.246 e. The lowest BCUT2D eigenvalue weighted by atomic mass is 10.1. The maximum absolute atomic E-state index is 12.6. The number of nitrogens with zero attached hydrogens (tertiary/aromatic N) is 1. The number of rotatable bonds is 6. The van der Waals surface area contributed by atoms with E-state index in [0.717, 1.165) is 5.69 Å². The van der Waals surface area contributed by atoms with Crippen LogP contribution in [0.2, 0.25) is 0 Å². The van der Waals surface area contributed by atoms with E-state index in [0.29, 0.717) is 11.3 Å². The fraction of sp³-hybridized carbons (Fsp3) is 0.263. The minimum Gasteiger partial charge on any atom is -0.376 e. The van der Waals surface area contributed by atoms with Crippen molar-refractivity contribution in [1.82, 2.24) is 0 Å². The standard InChI is InChI=1S/C19H22N2O2/c1-14(2)21(16-9-5-4-6-10-16)19(23)13-20-18-12-8-7-11-17(18)15(3)22/h4-12,14,20H,13H2,1-3H3. The number of hydrogen-bond acceptors (Lipinski definition) is 3. The Hall–Kier alpha value is -2.62. The van der Waals surface area contributed by atoms with Gasteiger partial charge in [0.05, 0.1) is 6.54 Å². The second-order valence-electron chi connectivity index (χ2n) is 5.65. The van der Waals surface area contributed by atoms with E-state index in [9.17, 15) is 9.59 Å². The lowest BCUT2D eigenvalue weighted by molar-refractivity contribution is -0.117. The van der Waals surface area contributed by atoms with Crippen LogP contribution in [0.1, 0.15) is 31.1 Å². The molecule has 1 amide bonds. The zero-order valence-corrected chi connectivity index (χ0v) is 13.7. The number of hydrogen-bond donors (Lipinski definition) is 1. The van der Waals surface area contributed by atoms with Gasteiger partial charge in [-0.05, 0) is 45.0 Å². The van der Waals surface area contributed by atoms with E-state index in [4.69, 9.17) is 0 Å². The first kappa shape index (κ1) is 16.7. The highest BCUT2D eigenvalue weighted by molar-refractivity contribution is 6.01. The Morgan fingerprint density at radius 2 is 1.61 bits per heavy atom. The molecule has 2 aromatic carbocycles. The second kappa shape index (κ2) is 7.58. The van der Waals surface area contributed by atoms with E-state index in [1.54, 1.807) is 11.0 Å². The van der Waals surface area contributed by atoms with Crippen LogP contribution in [0.4, 0.5) is 11.4 Å². The monoisotopic (exact) mass is 310 g/mol. The molecule has 0 bridgehead atoms. The maximum Gasteiger partial charge on any atom is 0.246 e. The predicted octanol–water partition coefficient (Wildman–Crippen LogP) is 3.74. The van der Waals surface area contributed by atoms with Gasteiger partial charge in [0.25, 0.3) is 0 Å². The topological polar surface area (TPSA) is 49.4 Å². The van der Waals surface area contributed by atoms with E-state index >= 15 is 0 Å². The third-order valence-corrected chi connectivity index (χ3v) is 3.56. The molecule has 0 aliphatic heterocycles. The summed E-state index contributed by atoms with van der Waals surface area (Å²) >= 11 is 0. The minimum absolute atomic E-state index is 0.0238. The number of anilines is 2. The molecule has 0 radical (unpaired) electrons. The van der Waals surface area contributed by atoms with E-state index in [2.05, 4.69) is 5.32 Å². The van der Waals surface area contributed by atoms with E-state index in [1.807, 2.05) is 62.4 Å². The van der Waals surface area contributed by atoms with Crippen LogP contribution in [0.3, 0.4) is 0 Å². The molecule has 4 heteroatoms. The number of nitrogens with one attached hydrogen (secondary N) is 1. The van der Waals surface area contributed by atoms with E-state index in [1.165, 1.54) is 6.92 Å². The van der Waals surface area contributed by atoms with Gasteiger partial charge in [-0.15, -0.1) is 0 Å². The molecule has 23 heavy (non-hydrogen) atoms. The highest BCUT2D eigenvalue weighted by Gasteiger charge is 2.19. The third-order valence-electron chi connectivity index (χ3n) is 3.56. The quantitative estimate of drug-likeness (QED) is 0.827. The van der Waals surface area contributed by atoms with Gasteiger partial charge in [0, 0.05) is 23.0 Å². The molecule has 4 nitrogen and oxygen atoms in total. The van der Waals surface area contributed by atoms with Gasteiger partial charge in [0.1, 0.15) is 0 Å². The summed E-state index contributed by atoms with van der Waals surface area (Å²) in [6, 6.07) is 16.9. The molecule has 0 fully saturated rings. The molecule has 0 aliphatic rings. The lowest BCUT2D eigenvalue weighted by Crippen LogP contribution is -2.40. The van der Waals surface area contributed by atoms with Crippen molar-refractivity contribution < 1.29 is 9.59 Å². The van der Waals surface area contributed by atoms with Crippen molar-refractivity contribution in [2.24, 2.45) is 0 Å². The molecule has 1 N–H and O–H groups in total.